The highest BCUT2D eigenvalue weighted by Gasteiger charge is 2.25. The molecule has 0 radical (unpaired) electrons. The number of carbonyl (C=O) groups is 2. The smallest absolute Gasteiger partial charge is 0.249 e. The van der Waals surface area contributed by atoms with Crippen molar-refractivity contribution in [3.63, 3.8) is 0 Å². The van der Waals surface area contributed by atoms with E-state index < -0.39 is 0 Å². The Hall–Kier alpha value is -3.20. The van der Waals surface area contributed by atoms with Gasteiger partial charge in [0.2, 0.25) is 11.8 Å². The van der Waals surface area contributed by atoms with Gasteiger partial charge in [-0.2, -0.15) is 0 Å². The maximum atomic E-state index is 12.9. The standard InChI is InChI=1S/C24H33N5O4/c1-18(2)29(24(31)17-32-3)16-23(30)28-12-6-11-27(13-14-28)22-10-9-21(25-26-22)19-7-5-8-20(15-19)33-4/h5,7-10,15,18H,6,11-14,16-17H2,1-4H3. The van der Waals surface area contributed by atoms with E-state index in [1.54, 1.807) is 12.0 Å². The summed E-state index contributed by atoms with van der Waals surface area (Å²) in [7, 11) is 3.12. The Kier molecular flexibility index (Phi) is 8.59. The number of ether oxygens (including phenoxy) is 2. The minimum absolute atomic E-state index is 0.0241. The number of hydrogen-bond donors (Lipinski definition) is 0. The Balaban J connectivity index is 1.61. The fraction of sp³-hybridized carbons (Fsp3) is 0.500. The van der Waals surface area contributed by atoms with Crippen LogP contribution >= 0.6 is 0 Å². The molecule has 0 aliphatic carbocycles. The van der Waals surface area contributed by atoms with Crippen molar-refractivity contribution in [1.82, 2.24) is 20.0 Å². The van der Waals surface area contributed by atoms with E-state index in [1.807, 2.05) is 55.1 Å². The van der Waals surface area contributed by atoms with Crippen LogP contribution in [0.4, 0.5) is 5.82 Å². The predicted molar refractivity (Wildman–Crippen MR) is 126 cm³/mol. The van der Waals surface area contributed by atoms with Crippen molar-refractivity contribution < 1.29 is 19.1 Å². The highest BCUT2D eigenvalue weighted by atomic mass is 16.5. The maximum absolute atomic E-state index is 12.9. The third-order valence-electron chi connectivity index (χ3n) is 5.71. The number of nitrogens with zero attached hydrogens (tertiary/aromatic N) is 5. The van der Waals surface area contributed by atoms with E-state index in [0.717, 1.165) is 35.8 Å². The molecule has 0 unspecified atom stereocenters. The summed E-state index contributed by atoms with van der Waals surface area (Å²) >= 11 is 0. The molecule has 1 aromatic carbocycles. The second-order valence-electron chi connectivity index (χ2n) is 8.28. The summed E-state index contributed by atoms with van der Waals surface area (Å²) in [5, 5.41) is 8.82. The molecule has 1 aliphatic heterocycles. The largest absolute Gasteiger partial charge is 0.497 e. The fourth-order valence-electron chi connectivity index (χ4n) is 3.84. The van der Waals surface area contributed by atoms with E-state index in [-0.39, 0.29) is 31.0 Å². The van der Waals surface area contributed by atoms with Gasteiger partial charge in [-0.3, -0.25) is 9.59 Å². The number of aromatic nitrogens is 2. The maximum Gasteiger partial charge on any atom is 0.249 e. The Labute approximate surface area is 195 Å². The van der Waals surface area contributed by atoms with Crippen LogP contribution < -0.4 is 9.64 Å². The summed E-state index contributed by atoms with van der Waals surface area (Å²) in [6, 6.07) is 11.6. The predicted octanol–water partition coefficient (Wildman–Crippen LogP) is 2.07. The molecule has 0 atom stereocenters. The molecule has 9 heteroatoms. The second kappa shape index (κ2) is 11.6. The van der Waals surface area contributed by atoms with Crippen LogP contribution in [0.15, 0.2) is 36.4 Å². The first-order valence-electron chi connectivity index (χ1n) is 11.2. The molecule has 2 aromatic rings. The van der Waals surface area contributed by atoms with E-state index in [0.29, 0.717) is 19.6 Å². The van der Waals surface area contributed by atoms with Crippen LogP contribution in [0.1, 0.15) is 20.3 Å². The summed E-state index contributed by atoms with van der Waals surface area (Å²) in [5.74, 6) is 1.34. The molecule has 1 saturated heterocycles. The summed E-state index contributed by atoms with van der Waals surface area (Å²) < 4.78 is 10.2. The molecular formula is C24H33N5O4. The topological polar surface area (TPSA) is 88.1 Å². The highest BCUT2D eigenvalue weighted by molar-refractivity contribution is 5.85. The molecular weight excluding hydrogens is 422 g/mol. The van der Waals surface area contributed by atoms with Crippen LogP contribution in [0.5, 0.6) is 5.75 Å². The van der Waals surface area contributed by atoms with Crippen LogP contribution in [0.25, 0.3) is 11.3 Å². The van der Waals surface area contributed by atoms with Gasteiger partial charge in [0.05, 0.1) is 12.8 Å². The Morgan fingerprint density at radius 1 is 1.06 bits per heavy atom. The molecule has 178 valence electrons. The van der Waals surface area contributed by atoms with Crippen LogP contribution in [0.3, 0.4) is 0 Å². The number of rotatable bonds is 8. The lowest BCUT2D eigenvalue weighted by Crippen LogP contribution is -2.47. The molecule has 2 heterocycles. The number of methoxy groups -OCH3 is 2. The molecule has 9 nitrogen and oxygen atoms in total. The number of amides is 2. The number of hydrogen-bond acceptors (Lipinski definition) is 7. The van der Waals surface area contributed by atoms with Crippen LogP contribution in [-0.4, -0.2) is 91.4 Å². The van der Waals surface area contributed by atoms with Gasteiger partial charge in [0.1, 0.15) is 18.9 Å². The molecule has 0 spiro atoms. The highest BCUT2D eigenvalue weighted by Crippen LogP contribution is 2.23. The lowest BCUT2D eigenvalue weighted by atomic mass is 10.1. The van der Waals surface area contributed by atoms with Crippen molar-refractivity contribution >= 4 is 17.6 Å². The molecule has 3 rings (SSSR count). The summed E-state index contributed by atoms with van der Waals surface area (Å²) in [6.45, 7) is 6.51. The van der Waals surface area contributed by atoms with Crippen LogP contribution in [0.2, 0.25) is 0 Å². The van der Waals surface area contributed by atoms with Crippen molar-refractivity contribution in [3.05, 3.63) is 36.4 Å². The zero-order valence-electron chi connectivity index (χ0n) is 19.9. The SMILES string of the molecule is COCC(=O)N(CC(=O)N1CCCN(c2ccc(-c3cccc(OC)c3)nn2)CC1)C(C)C. The molecule has 1 aromatic heterocycles. The van der Waals surface area contributed by atoms with Gasteiger partial charge in [-0.1, -0.05) is 12.1 Å². The number of carbonyl (C=O) groups excluding carboxylic acids is 2. The van der Waals surface area contributed by atoms with Gasteiger partial charge in [-0.15, -0.1) is 10.2 Å². The molecule has 33 heavy (non-hydrogen) atoms. The van der Waals surface area contributed by atoms with Crippen molar-refractivity contribution in [2.75, 3.05) is 58.5 Å². The molecule has 0 N–H and O–H groups in total. The Bertz CT molecular complexity index is 935. The molecule has 1 fully saturated rings. The molecule has 2 amide bonds. The fourth-order valence-corrected chi connectivity index (χ4v) is 3.84. The van der Waals surface area contributed by atoms with Gasteiger partial charge in [-0.25, -0.2) is 0 Å². The average molecular weight is 456 g/mol. The van der Waals surface area contributed by atoms with Crippen LogP contribution in [0, 0.1) is 0 Å². The minimum atomic E-state index is -0.177. The molecule has 1 aliphatic rings. The van der Waals surface area contributed by atoms with E-state index in [2.05, 4.69) is 15.1 Å². The van der Waals surface area contributed by atoms with Crippen molar-refractivity contribution in [2.24, 2.45) is 0 Å². The number of benzene rings is 1. The zero-order valence-corrected chi connectivity index (χ0v) is 19.9. The third kappa shape index (κ3) is 6.41. The number of anilines is 1. The van der Waals surface area contributed by atoms with Crippen molar-refractivity contribution in [1.29, 1.82) is 0 Å². The summed E-state index contributed by atoms with van der Waals surface area (Å²) in [6.07, 6.45) is 0.818. The van der Waals surface area contributed by atoms with E-state index in [9.17, 15) is 9.59 Å². The molecule has 0 bridgehead atoms. The first kappa shape index (κ1) is 24.4. The van der Waals surface area contributed by atoms with Gasteiger partial charge < -0.3 is 24.2 Å². The summed E-state index contributed by atoms with van der Waals surface area (Å²) in [5.41, 5.74) is 1.72. The first-order chi connectivity index (χ1) is 15.9. The zero-order chi connectivity index (χ0) is 23.8. The lowest BCUT2D eigenvalue weighted by Gasteiger charge is -2.29. The normalized spacial score (nSPS) is 14.2. The quantitative estimate of drug-likeness (QED) is 0.602. The second-order valence-corrected chi connectivity index (χ2v) is 8.28. The van der Waals surface area contributed by atoms with Gasteiger partial charge >= 0.3 is 0 Å². The average Bonchev–Trinajstić information content (AvgIpc) is 3.09. The van der Waals surface area contributed by atoms with E-state index in [4.69, 9.17) is 9.47 Å². The Morgan fingerprint density at radius 3 is 2.55 bits per heavy atom. The Morgan fingerprint density at radius 2 is 1.88 bits per heavy atom. The van der Waals surface area contributed by atoms with Gasteiger partial charge in [0.25, 0.3) is 0 Å². The van der Waals surface area contributed by atoms with Gasteiger partial charge in [-0.05, 0) is 44.5 Å². The monoisotopic (exact) mass is 455 g/mol. The van der Waals surface area contributed by atoms with E-state index >= 15 is 0 Å². The lowest BCUT2D eigenvalue weighted by molar-refractivity contribution is -0.144. The van der Waals surface area contributed by atoms with Gasteiger partial charge in [0.15, 0.2) is 5.82 Å². The van der Waals surface area contributed by atoms with Gasteiger partial charge in [0, 0.05) is 44.9 Å². The molecule has 0 saturated carbocycles. The van der Waals surface area contributed by atoms with Crippen molar-refractivity contribution in [3.8, 4) is 17.0 Å². The summed E-state index contributed by atoms with van der Waals surface area (Å²) in [4.78, 5) is 30.7. The minimum Gasteiger partial charge on any atom is -0.497 e. The van der Waals surface area contributed by atoms with Crippen molar-refractivity contribution in [2.45, 2.75) is 26.3 Å². The third-order valence-corrected chi connectivity index (χ3v) is 5.71. The first-order valence-corrected chi connectivity index (χ1v) is 11.2. The van der Waals surface area contributed by atoms with Crippen LogP contribution in [-0.2, 0) is 14.3 Å². The van der Waals surface area contributed by atoms with E-state index in [1.165, 1.54) is 7.11 Å².